The van der Waals surface area contributed by atoms with Crippen molar-refractivity contribution in [1.82, 2.24) is 5.32 Å². The normalized spacial score (nSPS) is 28.6. The number of nitrogens with one attached hydrogen (secondary N) is 1. The van der Waals surface area contributed by atoms with Crippen LogP contribution >= 0.6 is 0 Å². The first kappa shape index (κ1) is 18.9. The molecule has 1 aliphatic carbocycles. The standard InChI is InChI=1S/C18H37NO2/c1-14(2)19-18(6,13-20)8-7-9-21-16-10-15(3)11-17(4,5)12-16/h14-16,19-20H,7-13H2,1-6H3. The Hall–Kier alpha value is -0.120. The number of aliphatic hydroxyl groups excluding tert-OH is 1. The van der Waals surface area contributed by atoms with E-state index < -0.39 is 0 Å². The maximum Gasteiger partial charge on any atom is 0.0610 e. The molecule has 3 atom stereocenters. The predicted octanol–water partition coefficient (Wildman–Crippen LogP) is 3.75. The van der Waals surface area contributed by atoms with E-state index in [0.717, 1.165) is 25.4 Å². The minimum Gasteiger partial charge on any atom is -0.394 e. The van der Waals surface area contributed by atoms with Crippen molar-refractivity contribution in [3.63, 3.8) is 0 Å². The molecule has 1 rings (SSSR count). The Morgan fingerprint density at radius 1 is 1.33 bits per heavy atom. The van der Waals surface area contributed by atoms with Crippen molar-refractivity contribution in [3.05, 3.63) is 0 Å². The van der Waals surface area contributed by atoms with Crippen LogP contribution in [0.15, 0.2) is 0 Å². The van der Waals surface area contributed by atoms with Gasteiger partial charge in [0.15, 0.2) is 0 Å². The van der Waals surface area contributed by atoms with Gasteiger partial charge in [-0.15, -0.1) is 0 Å². The van der Waals surface area contributed by atoms with E-state index >= 15 is 0 Å². The summed E-state index contributed by atoms with van der Waals surface area (Å²) in [4.78, 5) is 0. The average Bonchev–Trinajstić information content (AvgIpc) is 2.31. The highest BCUT2D eigenvalue weighted by Gasteiger charge is 2.32. The van der Waals surface area contributed by atoms with Crippen molar-refractivity contribution in [1.29, 1.82) is 0 Å². The van der Waals surface area contributed by atoms with Crippen molar-refractivity contribution >= 4 is 0 Å². The number of rotatable bonds is 8. The quantitative estimate of drug-likeness (QED) is 0.671. The third-order valence-corrected chi connectivity index (χ3v) is 4.56. The lowest BCUT2D eigenvalue weighted by atomic mass is 9.71. The Balaban J connectivity index is 2.30. The Morgan fingerprint density at radius 3 is 2.52 bits per heavy atom. The molecule has 0 heterocycles. The van der Waals surface area contributed by atoms with Gasteiger partial charge in [0, 0.05) is 18.2 Å². The maximum absolute atomic E-state index is 9.58. The van der Waals surface area contributed by atoms with Crippen molar-refractivity contribution in [3.8, 4) is 0 Å². The minimum absolute atomic E-state index is 0.179. The van der Waals surface area contributed by atoms with Crippen molar-refractivity contribution in [2.24, 2.45) is 11.3 Å². The van der Waals surface area contributed by atoms with Gasteiger partial charge in [-0.3, -0.25) is 0 Å². The number of hydrogen-bond acceptors (Lipinski definition) is 3. The Kier molecular flexibility index (Phi) is 7.15. The van der Waals surface area contributed by atoms with Crippen LogP contribution in [0.2, 0.25) is 0 Å². The largest absolute Gasteiger partial charge is 0.394 e. The Morgan fingerprint density at radius 2 is 2.00 bits per heavy atom. The Bertz CT molecular complexity index is 304. The van der Waals surface area contributed by atoms with E-state index in [4.69, 9.17) is 4.74 Å². The van der Waals surface area contributed by atoms with Gasteiger partial charge in [0.2, 0.25) is 0 Å². The molecular weight excluding hydrogens is 262 g/mol. The van der Waals surface area contributed by atoms with Crippen LogP contribution in [0, 0.1) is 11.3 Å². The molecular formula is C18H37NO2. The molecule has 0 saturated heterocycles. The van der Waals surface area contributed by atoms with Crippen LogP contribution in [-0.2, 0) is 4.74 Å². The molecule has 3 heteroatoms. The molecule has 0 aromatic heterocycles. The van der Waals surface area contributed by atoms with Crippen molar-refractivity contribution in [2.45, 2.75) is 91.3 Å². The summed E-state index contributed by atoms with van der Waals surface area (Å²) in [6.07, 6.45) is 6.06. The molecule has 0 spiro atoms. The van der Waals surface area contributed by atoms with E-state index in [1.165, 1.54) is 19.3 Å². The molecule has 0 aromatic rings. The average molecular weight is 299 g/mol. The summed E-state index contributed by atoms with van der Waals surface area (Å²) in [5, 5.41) is 13.0. The SMILES string of the molecule is CC1CC(OCCCC(C)(CO)NC(C)C)CC(C)(C)C1. The van der Waals surface area contributed by atoms with Crippen LogP contribution in [0.3, 0.4) is 0 Å². The summed E-state index contributed by atoms with van der Waals surface area (Å²) >= 11 is 0. The highest BCUT2D eigenvalue weighted by atomic mass is 16.5. The van der Waals surface area contributed by atoms with Gasteiger partial charge in [0.05, 0.1) is 12.7 Å². The summed E-state index contributed by atoms with van der Waals surface area (Å²) < 4.78 is 6.12. The van der Waals surface area contributed by atoms with E-state index in [-0.39, 0.29) is 12.1 Å². The molecule has 1 aliphatic rings. The summed E-state index contributed by atoms with van der Waals surface area (Å²) in [5.41, 5.74) is 0.234. The van der Waals surface area contributed by atoms with Crippen LogP contribution in [0.25, 0.3) is 0 Å². The van der Waals surface area contributed by atoms with Crippen LogP contribution in [0.5, 0.6) is 0 Å². The predicted molar refractivity (Wildman–Crippen MR) is 89.5 cm³/mol. The molecule has 0 aromatic carbocycles. The van der Waals surface area contributed by atoms with Crippen LogP contribution < -0.4 is 5.32 Å². The van der Waals surface area contributed by atoms with E-state index in [1.54, 1.807) is 0 Å². The lowest BCUT2D eigenvalue weighted by Crippen LogP contribution is -2.49. The van der Waals surface area contributed by atoms with E-state index in [1.807, 2.05) is 0 Å². The summed E-state index contributed by atoms with van der Waals surface area (Å²) in [5.74, 6) is 0.768. The fraction of sp³-hybridized carbons (Fsp3) is 1.00. The molecule has 21 heavy (non-hydrogen) atoms. The Labute approximate surface area is 131 Å². The first-order chi connectivity index (χ1) is 9.66. The van der Waals surface area contributed by atoms with E-state index in [2.05, 4.69) is 46.9 Å². The summed E-state index contributed by atoms with van der Waals surface area (Å²) in [7, 11) is 0. The van der Waals surface area contributed by atoms with E-state index in [0.29, 0.717) is 17.6 Å². The molecule has 3 unspecified atom stereocenters. The molecule has 0 radical (unpaired) electrons. The van der Waals surface area contributed by atoms with Gasteiger partial charge in [-0.2, -0.15) is 0 Å². The molecule has 3 nitrogen and oxygen atoms in total. The summed E-state index contributed by atoms with van der Waals surface area (Å²) in [6, 6.07) is 0.392. The molecule has 1 saturated carbocycles. The van der Waals surface area contributed by atoms with Crippen molar-refractivity contribution < 1.29 is 9.84 Å². The second-order valence-corrected chi connectivity index (χ2v) is 8.53. The lowest BCUT2D eigenvalue weighted by molar-refractivity contribution is -0.0262. The summed E-state index contributed by atoms with van der Waals surface area (Å²) in [6.45, 7) is 14.4. The van der Waals surface area contributed by atoms with Gasteiger partial charge >= 0.3 is 0 Å². The van der Waals surface area contributed by atoms with Gasteiger partial charge in [0.1, 0.15) is 0 Å². The zero-order valence-corrected chi connectivity index (χ0v) is 15.0. The fourth-order valence-electron chi connectivity index (χ4n) is 3.99. The third kappa shape index (κ3) is 7.12. The number of hydrogen-bond donors (Lipinski definition) is 2. The highest BCUT2D eigenvalue weighted by molar-refractivity contribution is 4.85. The zero-order chi connectivity index (χ0) is 16.1. The molecule has 126 valence electrons. The van der Waals surface area contributed by atoms with Crippen molar-refractivity contribution in [2.75, 3.05) is 13.2 Å². The molecule has 0 aliphatic heterocycles. The lowest BCUT2D eigenvalue weighted by Gasteiger charge is -2.39. The number of aliphatic hydroxyl groups is 1. The van der Waals surface area contributed by atoms with Gasteiger partial charge in [-0.05, 0) is 50.4 Å². The second kappa shape index (κ2) is 7.94. The smallest absolute Gasteiger partial charge is 0.0610 e. The topological polar surface area (TPSA) is 41.5 Å². The van der Waals surface area contributed by atoms with Crippen LogP contribution in [-0.4, -0.2) is 36.0 Å². The number of ether oxygens (including phenoxy) is 1. The molecule has 2 N–H and O–H groups in total. The first-order valence-corrected chi connectivity index (χ1v) is 8.66. The first-order valence-electron chi connectivity index (χ1n) is 8.66. The van der Waals surface area contributed by atoms with Gasteiger partial charge in [0.25, 0.3) is 0 Å². The maximum atomic E-state index is 9.58. The van der Waals surface area contributed by atoms with Gasteiger partial charge in [-0.1, -0.05) is 34.6 Å². The monoisotopic (exact) mass is 299 g/mol. The fourth-order valence-corrected chi connectivity index (χ4v) is 3.99. The molecule has 0 bridgehead atoms. The highest BCUT2D eigenvalue weighted by Crippen LogP contribution is 2.39. The van der Waals surface area contributed by atoms with Crippen LogP contribution in [0.4, 0.5) is 0 Å². The molecule has 1 fully saturated rings. The van der Waals surface area contributed by atoms with Gasteiger partial charge < -0.3 is 15.2 Å². The second-order valence-electron chi connectivity index (χ2n) is 8.53. The third-order valence-electron chi connectivity index (χ3n) is 4.56. The molecule has 0 amide bonds. The zero-order valence-electron chi connectivity index (χ0n) is 15.0. The van der Waals surface area contributed by atoms with E-state index in [9.17, 15) is 5.11 Å². The van der Waals surface area contributed by atoms with Gasteiger partial charge in [-0.25, -0.2) is 0 Å². The minimum atomic E-state index is -0.184. The van der Waals surface area contributed by atoms with Crippen LogP contribution in [0.1, 0.15) is 73.6 Å².